The van der Waals surface area contributed by atoms with Crippen LogP contribution in [-0.2, 0) is 0 Å². The van der Waals surface area contributed by atoms with Crippen molar-refractivity contribution in [1.29, 1.82) is 0 Å². The van der Waals surface area contributed by atoms with Crippen LogP contribution in [0.4, 0.5) is 17.1 Å². The van der Waals surface area contributed by atoms with E-state index < -0.39 is 0 Å². The number of furan rings is 1. The second-order valence-electron chi connectivity index (χ2n) is 14.0. The van der Waals surface area contributed by atoms with Crippen LogP contribution in [0.2, 0.25) is 0 Å². The number of benzene rings is 9. The number of anilines is 3. The fourth-order valence-electron chi connectivity index (χ4n) is 8.01. The van der Waals surface area contributed by atoms with Crippen molar-refractivity contribution in [3.05, 3.63) is 194 Å². The van der Waals surface area contributed by atoms with Crippen LogP contribution in [0.25, 0.3) is 88.3 Å². The normalized spacial score (nSPS) is 11.6. The van der Waals surface area contributed by atoms with Crippen molar-refractivity contribution in [1.82, 2.24) is 4.98 Å². The Bertz CT molecular complexity index is 3200. The highest BCUT2D eigenvalue weighted by atomic mass is 16.4. The first-order chi connectivity index (χ1) is 27.2. The summed E-state index contributed by atoms with van der Waals surface area (Å²) in [5.74, 6) is 0.600. The molecule has 9 aromatic carbocycles. The third-order valence-electron chi connectivity index (χ3n) is 10.7. The first-order valence-corrected chi connectivity index (χ1v) is 18.5. The Labute approximate surface area is 317 Å². The molecule has 2 aromatic heterocycles. The topological polar surface area (TPSA) is 42.4 Å². The summed E-state index contributed by atoms with van der Waals surface area (Å²) in [5, 5.41) is 7.03. The van der Waals surface area contributed by atoms with Crippen molar-refractivity contribution in [3.8, 4) is 33.7 Å². The summed E-state index contributed by atoms with van der Waals surface area (Å²) in [6.45, 7) is 0. The molecule has 0 spiro atoms. The highest BCUT2D eigenvalue weighted by Gasteiger charge is 2.19. The number of hydrogen-bond acceptors (Lipinski definition) is 4. The second kappa shape index (κ2) is 12.6. The average Bonchev–Trinajstić information content (AvgIpc) is 3.84. The third kappa shape index (κ3) is 5.34. The first kappa shape index (κ1) is 31.1. The predicted octanol–water partition coefficient (Wildman–Crippen LogP) is 14.5. The minimum Gasteiger partial charge on any atom is -0.456 e. The van der Waals surface area contributed by atoms with E-state index in [9.17, 15) is 0 Å². The zero-order chi connectivity index (χ0) is 36.3. The van der Waals surface area contributed by atoms with Gasteiger partial charge >= 0.3 is 0 Å². The zero-order valence-electron chi connectivity index (χ0n) is 29.7. The van der Waals surface area contributed by atoms with E-state index in [0.29, 0.717) is 5.89 Å². The molecule has 0 radical (unpaired) electrons. The van der Waals surface area contributed by atoms with Crippen LogP contribution in [-0.4, -0.2) is 4.98 Å². The van der Waals surface area contributed by atoms with Crippen LogP contribution in [0, 0.1) is 0 Å². The van der Waals surface area contributed by atoms with E-state index in [1.54, 1.807) is 0 Å². The Morgan fingerprint density at radius 2 is 1.00 bits per heavy atom. The Hall–Kier alpha value is -7.43. The van der Waals surface area contributed by atoms with Gasteiger partial charge in [0.15, 0.2) is 5.58 Å². The maximum Gasteiger partial charge on any atom is 0.227 e. The SMILES string of the molecule is c1ccc(-c2cccc(N(c3ccc(-c4cc5ccccc5c5ccccc45)cc3)c3ccc4c(c3)oc3cc5nc(-c6ccccc6)oc5cc34)c2)cc1. The second-order valence-corrected chi connectivity index (χ2v) is 14.0. The number of oxazole rings is 1. The molecule has 2 heterocycles. The molecule has 0 saturated carbocycles. The molecule has 0 unspecified atom stereocenters. The van der Waals surface area contributed by atoms with Crippen LogP contribution < -0.4 is 4.90 Å². The summed E-state index contributed by atoms with van der Waals surface area (Å²) >= 11 is 0. The fourth-order valence-corrected chi connectivity index (χ4v) is 8.01. The van der Waals surface area contributed by atoms with Crippen LogP contribution in [0.3, 0.4) is 0 Å². The van der Waals surface area contributed by atoms with Crippen molar-refractivity contribution in [2.24, 2.45) is 0 Å². The van der Waals surface area contributed by atoms with E-state index >= 15 is 0 Å². The quantitative estimate of drug-likeness (QED) is 0.162. The Morgan fingerprint density at radius 3 is 1.82 bits per heavy atom. The van der Waals surface area contributed by atoms with Gasteiger partial charge in [0, 0.05) is 45.5 Å². The summed E-state index contributed by atoms with van der Waals surface area (Å²) in [5.41, 5.74) is 11.8. The molecule has 0 amide bonds. The van der Waals surface area contributed by atoms with Crippen LogP contribution in [0.15, 0.2) is 203 Å². The molecular formula is C51H32N2O2. The summed E-state index contributed by atoms with van der Waals surface area (Å²) in [6.07, 6.45) is 0. The molecule has 258 valence electrons. The first-order valence-electron chi connectivity index (χ1n) is 18.5. The molecule has 55 heavy (non-hydrogen) atoms. The van der Waals surface area contributed by atoms with E-state index in [1.165, 1.54) is 38.2 Å². The Kier molecular flexibility index (Phi) is 7.14. The molecule has 0 saturated heterocycles. The van der Waals surface area contributed by atoms with Crippen LogP contribution >= 0.6 is 0 Å². The Morgan fingerprint density at radius 1 is 0.345 bits per heavy atom. The molecule has 0 aliphatic rings. The standard InChI is InChI=1S/C51H32N2O2/c1-3-12-33(13-4-1)36-17-11-18-39(28-36)53(38-24-22-34(23-25-38)45-29-37-16-7-8-19-41(37)42-20-9-10-21-43(42)45)40-26-27-44-46-31-50-47(32-49(46)54-48(44)30-40)52-51(55-50)35-14-5-2-6-15-35/h1-32H. The van der Waals surface area contributed by atoms with Crippen molar-refractivity contribution in [2.75, 3.05) is 4.90 Å². The minimum absolute atomic E-state index is 0.600. The maximum atomic E-state index is 6.58. The number of hydrogen-bond donors (Lipinski definition) is 0. The maximum absolute atomic E-state index is 6.58. The summed E-state index contributed by atoms with van der Waals surface area (Å²) in [6, 6.07) is 68.3. The molecule has 0 fully saturated rings. The summed E-state index contributed by atoms with van der Waals surface area (Å²) < 4.78 is 12.8. The van der Waals surface area contributed by atoms with Gasteiger partial charge in [-0.1, -0.05) is 121 Å². The van der Waals surface area contributed by atoms with Gasteiger partial charge in [0.05, 0.1) is 0 Å². The third-order valence-corrected chi connectivity index (χ3v) is 10.7. The lowest BCUT2D eigenvalue weighted by Gasteiger charge is -2.26. The van der Waals surface area contributed by atoms with Gasteiger partial charge in [0.2, 0.25) is 5.89 Å². The van der Waals surface area contributed by atoms with Gasteiger partial charge in [-0.2, -0.15) is 0 Å². The molecule has 0 aliphatic carbocycles. The monoisotopic (exact) mass is 704 g/mol. The van der Waals surface area contributed by atoms with Gasteiger partial charge in [-0.05, 0) is 104 Å². The van der Waals surface area contributed by atoms with Crippen molar-refractivity contribution >= 4 is 71.6 Å². The average molecular weight is 705 g/mol. The van der Waals surface area contributed by atoms with Crippen LogP contribution in [0.5, 0.6) is 0 Å². The molecule has 11 aromatic rings. The zero-order valence-corrected chi connectivity index (χ0v) is 29.7. The molecule has 0 aliphatic heterocycles. The molecule has 11 rings (SSSR count). The van der Waals surface area contributed by atoms with Crippen molar-refractivity contribution in [3.63, 3.8) is 0 Å². The number of nitrogens with zero attached hydrogens (tertiary/aromatic N) is 2. The highest BCUT2D eigenvalue weighted by Crippen LogP contribution is 2.42. The predicted molar refractivity (Wildman–Crippen MR) is 227 cm³/mol. The van der Waals surface area contributed by atoms with E-state index in [0.717, 1.165) is 61.2 Å². The number of rotatable bonds is 6. The molecule has 0 atom stereocenters. The molecule has 0 N–H and O–H groups in total. The number of aromatic nitrogens is 1. The smallest absolute Gasteiger partial charge is 0.227 e. The largest absolute Gasteiger partial charge is 0.456 e. The summed E-state index contributed by atoms with van der Waals surface area (Å²) in [4.78, 5) is 7.09. The van der Waals surface area contributed by atoms with Gasteiger partial charge in [-0.15, -0.1) is 0 Å². The van der Waals surface area contributed by atoms with Crippen molar-refractivity contribution < 1.29 is 8.83 Å². The lowest BCUT2D eigenvalue weighted by Crippen LogP contribution is -2.10. The highest BCUT2D eigenvalue weighted by molar-refractivity contribution is 6.14. The lowest BCUT2D eigenvalue weighted by molar-refractivity contribution is 0.620. The minimum atomic E-state index is 0.600. The lowest BCUT2D eigenvalue weighted by atomic mass is 9.93. The Balaban J connectivity index is 1.04. The van der Waals surface area contributed by atoms with Gasteiger partial charge < -0.3 is 13.7 Å². The molecule has 4 nitrogen and oxygen atoms in total. The number of fused-ring (bicyclic) bond motifs is 7. The van der Waals surface area contributed by atoms with E-state index in [1.807, 2.05) is 42.5 Å². The van der Waals surface area contributed by atoms with E-state index in [2.05, 4.69) is 157 Å². The molecular weight excluding hydrogens is 673 g/mol. The van der Waals surface area contributed by atoms with Gasteiger partial charge in [0.25, 0.3) is 0 Å². The van der Waals surface area contributed by atoms with Crippen molar-refractivity contribution in [2.45, 2.75) is 0 Å². The van der Waals surface area contributed by atoms with Crippen LogP contribution in [0.1, 0.15) is 0 Å². The van der Waals surface area contributed by atoms with Gasteiger partial charge in [0.1, 0.15) is 16.7 Å². The van der Waals surface area contributed by atoms with E-state index in [4.69, 9.17) is 13.8 Å². The van der Waals surface area contributed by atoms with Gasteiger partial charge in [-0.25, -0.2) is 4.98 Å². The van der Waals surface area contributed by atoms with Gasteiger partial charge in [-0.3, -0.25) is 0 Å². The summed E-state index contributed by atoms with van der Waals surface area (Å²) in [7, 11) is 0. The fraction of sp³-hybridized carbons (Fsp3) is 0. The molecule has 4 heteroatoms. The molecule has 0 bridgehead atoms. The van der Waals surface area contributed by atoms with E-state index in [-0.39, 0.29) is 0 Å².